The summed E-state index contributed by atoms with van der Waals surface area (Å²) in [7, 11) is 1.85. The number of nitrogens with one attached hydrogen (secondary N) is 2. The molecule has 2 N–H and O–H groups in total. The van der Waals surface area contributed by atoms with Crippen molar-refractivity contribution in [3.05, 3.63) is 29.8 Å². The summed E-state index contributed by atoms with van der Waals surface area (Å²) in [5, 5.41) is 6.56. The maximum absolute atomic E-state index is 12.2. The van der Waals surface area contributed by atoms with Crippen LogP contribution in [0.4, 0.5) is 5.69 Å². The van der Waals surface area contributed by atoms with E-state index in [9.17, 15) is 4.79 Å². The van der Waals surface area contributed by atoms with Crippen LogP contribution in [0.5, 0.6) is 0 Å². The van der Waals surface area contributed by atoms with Crippen LogP contribution in [0, 0.1) is 5.92 Å². The van der Waals surface area contributed by atoms with Crippen molar-refractivity contribution in [3.63, 3.8) is 0 Å². The van der Waals surface area contributed by atoms with E-state index in [1.165, 1.54) is 12.8 Å². The molecule has 1 saturated carbocycles. The third-order valence-electron chi connectivity index (χ3n) is 6.36. The molecule has 1 amide bonds. The first kappa shape index (κ1) is 23.3. The molecule has 1 aliphatic carbocycles. The zero-order valence-corrected chi connectivity index (χ0v) is 20.1. The fourth-order valence-corrected chi connectivity index (χ4v) is 4.36. The number of likely N-dealkylation sites (tertiary alicyclic amines) is 1. The Balaban J connectivity index is 0.00000256. The number of ether oxygens (including phenoxy) is 1. The van der Waals surface area contributed by atoms with Crippen LogP contribution in [0.3, 0.4) is 0 Å². The lowest BCUT2D eigenvalue weighted by molar-refractivity contribution is -0.122. The first-order valence-corrected chi connectivity index (χ1v) is 10.9. The summed E-state index contributed by atoms with van der Waals surface area (Å²) in [5.41, 5.74) is 2.02. The van der Waals surface area contributed by atoms with Crippen molar-refractivity contribution in [2.45, 2.75) is 38.3 Å². The van der Waals surface area contributed by atoms with Crippen LogP contribution in [0.15, 0.2) is 29.3 Å². The zero-order chi connectivity index (χ0) is 20.1. The summed E-state index contributed by atoms with van der Waals surface area (Å²) in [5.74, 6) is 1.30. The fraction of sp³-hybridized carbons (Fsp3) is 0.636. The molecule has 0 aromatic heterocycles. The Kier molecular flexibility index (Phi) is 8.76. The quantitative estimate of drug-likeness (QED) is 0.350. The van der Waals surface area contributed by atoms with Crippen LogP contribution in [-0.2, 0) is 16.1 Å². The Bertz CT molecular complexity index is 734. The van der Waals surface area contributed by atoms with Crippen molar-refractivity contribution in [2.75, 3.05) is 51.8 Å². The number of rotatable bonds is 5. The second-order valence-electron chi connectivity index (χ2n) is 8.26. The van der Waals surface area contributed by atoms with E-state index in [1.807, 2.05) is 19.2 Å². The van der Waals surface area contributed by atoms with Gasteiger partial charge in [-0.05, 0) is 37.0 Å². The van der Waals surface area contributed by atoms with Gasteiger partial charge in [-0.3, -0.25) is 14.7 Å². The second-order valence-corrected chi connectivity index (χ2v) is 8.26. The van der Waals surface area contributed by atoms with E-state index >= 15 is 0 Å². The van der Waals surface area contributed by atoms with E-state index in [2.05, 4.69) is 37.6 Å². The molecule has 0 spiro atoms. The molecule has 1 unspecified atom stereocenters. The van der Waals surface area contributed by atoms with E-state index in [0.29, 0.717) is 12.6 Å². The summed E-state index contributed by atoms with van der Waals surface area (Å²) >= 11 is 0. The number of carbonyl (C=O) groups excluding carboxylic acids is 1. The molecule has 1 aromatic rings. The van der Waals surface area contributed by atoms with Gasteiger partial charge in [0.25, 0.3) is 0 Å². The highest BCUT2D eigenvalue weighted by atomic mass is 127. The molecule has 1 atom stereocenters. The topological polar surface area (TPSA) is 69.2 Å². The molecule has 2 saturated heterocycles. The molecule has 2 heterocycles. The fourth-order valence-electron chi connectivity index (χ4n) is 4.36. The first-order valence-electron chi connectivity index (χ1n) is 10.9. The van der Waals surface area contributed by atoms with Crippen LogP contribution in [0.25, 0.3) is 0 Å². The first-order chi connectivity index (χ1) is 14.2. The maximum atomic E-state index is 12.2. The van der Waals surface area contributed by atoms with Crippen molar-refractivity contribution in [3.8, 4) is 0 Å². The van der Waals surface area contributed by atoms with E-state index in [0.717, 1.165) is 69.4 Å². The molecule has 8 heteroatoms. The summed E-state index contributed by atoms with van der Waals surface area (Å²) in [6.07, 6.45) is 4.38. The number of carbonyl (C=O) groups is 1. The smallest absolute Gasteiger partial charge is 0.227 e. The summed E-state index contributed by atoms with van der Waals surface area (Å²) in [6, 6.07) is 8.68. The molecule has 166 valence electrons. The molecule has 0 radical (unpaired) electrons. The summed E-state index contributed by atoms with van der Waals surface area (Å²) < 4.78 is 5.48. The minimum atomic E-state index is 0. The number of nitrogens with zero attached hydrogens (tertiary/aromatic N) is 3. The van der Waals surface area contributed by atoms with Gasteiger partial charge in [0.15, 0.2) is 5.96 Å². The highest BCUT2D eigenvalue weighted by molar-refractivity contribution is 14.0. The number of amides is 1. The minimum Gasteiger partial charge on any atom is -0.379 e. The average molecular weight is 527 g/mol. The number of morpholine rings is 1. The number of hydrogen-bond acceptors (Lipinski definition) is 4. The average Bonchev–Trinajstić information content (AvgIpc) is 3.18. The summed E-state index contributed by atoms with van der Waals surface area (Å²) in [4.78, 5) is 21.6. The van der Waals surface area contributed by atoms with Crippen molar-refractivity contribution < 1.29 is 9.53 Å². The van der Waals surface area contributed by atoms with E-state index in [1.54, 1.807) is 0 Å². The standard InChI is InChI=1S/C22H33N5O2.HI/c1-23-22(27-9-8-20(16-27)26-10-12-29-13-11-26)24-15-17-4-2-7-19(14-17)25-21(28)18-5-3-6-18;/h2,4,7,14,18,20H,3,5-6,8-13,15-16H2,1H3,(H,23,24)(H,25,28);1H. The van der Waals surface area contributed by atoms with Crippen LogP contribution < -0.4 is 10.6 Å². The van der Waals surface area contributed by atoms with Crippen LogP contribution in [0.1, 0.15) is 31.2 Å². The molecule has 7 nitrogen and oxygen atoms in total. The van der Waals surface area contributed by atoms with Gasteiger partial charge < -0.3 is 20.3 Å². The molecule has 1 aromatic carbocycles. The zero-order valence-electron chi connectivity index (χ0n) is 17.8. The predicted octanol–water partition coefficient (Wildman–Crippen LogP) is 2.53. The Morgan fingerprint density at radius 3 is 2.70 bits per heavy atom. The van der Waals surface area contributed by atoms with Gasteiger partial charge in [-0.15, -0.1) is 24.0 Å². The van der Waals surface area contributed by atoms with Crippen molar-refractivity contribution >= 4 is 41.5 Å². The minimum absolute atomic E-state index is 0. The number of aliphatic imine (C=N–C) groups is 1. The SMILES string of the molecule is CN=C(NCc1cccc(NC(=O)C2CCC2)c1)N1CCC(N2CCOCC2)C1.I. The van der Waals surface area contributed by atoms with Crippen molar-refractivity contribution in [1.29, 1.82) is 0 Å². The number of guanidine groups is 1. The van der Waals surface area contributed by atoms with Gasteiger partial charge >= 0.3 is 0 Å². The molecule has 3 aliphatic rings. The number of halogens is 1. The van der Waals surface area contributed by atoms with Crippen LogP contribution in [-0.4, -0.2) is 74.1 Å². The largest absolute Gasteiger partial charge is 0.379 e. The Morgan fingerprint density at radius 2 is 2.00 bits per heavy atom. The van der Waals surface area contributed by atoms with E-state index in [4.69, 9.17) is 4.74 Å². The lowest BCUT2D eigenvalue weighted by Crippen LogP contribution is -2.46. The van der Waals surface area contributed by atoms with Crippen molar-refractivity contribution in [2.24, 2.45) is 10.9 Å². The second kappa shape index (κ2) is 11.3. The molecule has 2 aliphatic heterocycles. The molecule has 0 bridgehead atoms. The van der Waals surface area contributed by atoms with Crippen LogP contribution >= 0.6 is 24.0 Å². The lowest BCUT2D eigenvalue weighted by atomic mass is 9.85. The maximum Gasteiger partial charge on any atom is 0.227 e. The number of benzene rings is 1. The normalized spacial score (nSPS) is 22.9. The molecular weight excluding hydrogens is 493 g/mol. The van der Waals surface area contributed by atoms with E-state index < -0.39 is 0 Å². The highest BCUT2D eigenvalue weighted by Crippen LogP contribution is 2.27. The van der Waals surface area contributed by atoms with Gasteiger partial charge in [-0.1, -0.05) is 18.6 Å². The van der Waals surface area contributed by atoms with Gasteiger partial charge in [-0.25, -0.2) is 0 Å². The van der Waals surface area contributed by atoms with Gasteiger partial charge in [0.2, 0.25) is 5.91 Å². The molecular formula is C22H34IN5O2. The van der Waals surface area contributed by atoms with Gasteiger partial charge in [0, 0.05) is 57.4 Å². The number of hydrogen-bond donors (Lipinski definition) is 2. The van der Waals surface area contributed by atoms with Gasteiger partial charge in [0.1, 0.15) is 0 Å². The molecule has 3 fully saturated rings. The Hall–Kier alpha value is -1.39. The Labute approximate surface area is 196 Å². The summed E-state index contributed by atoms with van der Waals surface area (Å²) in [6.45, 7) is 6.48. The third kappa shape index (κ3) is 5.85. The predicted molar refractivity (Wildman–Crippen MR) is 130 cm³/mol. The van der Waals surface area contributed by atoms with Crippen LogP contribution in [0.2, 0.25) is 0 Å². The Morgan fingerprint density at radius 1 is 1.20 bits per heavy atom. The number of anilines is 1. The highest BCUT2D eigenvalue weighted by Gasteiger charge is 2.30. The monoisotopic (exact) mass is 527 g/mol. The van der Waals surface area contributed by atoms with Crippen molar-refractivity contribution in [1.82, 2.24) is 15.1 Å². The third-order valence-corrected chi connectivity index (χ3v) is 6.36. The molecule has 30 heavy (non-hydrogen) atoms. The van der Waals surface area contributed by atoms with Gasteiger partial charge in [-0.2, -0.15) is 0 Å². The van der Waals surface area contributed by atoms with Gasteiger partial charge in [0.05, 0.1) is 13.2 Å². The molecule has 4 rings (SSSR count). The van der Waals surface area contributed by atoms with E-state index in [-0.39, 0.29) is 35.8 Å². The lowest BCUT2D eigenvalue weighted by Gasteiger charge is -2.32.